The van der Waals surface area contributed by atoms with E-state index in [4.69, 9.17) is 9.47 Å². The molecule has 4 heteroatoms. The summed E-state index contributed by atoms with van der Waals surface area (Å²) in [5.41, 5.74) is -1.77. The van der Waals surface area contributed by atoms with Gasteiger partial charge in [0.05, 0.1) is 24.0 Å². The predicted molar refractivity (Wildman–Crippen MR) is 116 cm³/mol. The van der Waals surface area contributed by atoms with Crippen LogP contribution in [0.15, 0.2) is 0 Å². The van der Waals surface area contributed by atoms with Crippen molar-refractivity contribution in [3.63, 3.8) is 0 Å². The van der Waals surface area contributed by atoms with Gasteiger partial charge >= 0.3 is 11.9 Å². The van der Waals surface area contributed by atoms with E-state index in [1.165, 1.54) is 0 Å². The van der Waals surface area contributed by atoms with Crippen molar-refractivity contribution in [3.05, 3.63) is 0 Å². The van der Waals surface area contributed by atoms with E-state index in [0.717, 1.165) is 38.5 Å². The first-order chi connectivity index (χ1) is 13.2. The summed E-state index contributed by atoms with van der Waals surface area (Å²) in [6.07, 6.45) is 7.09. The first-order valence-corrected chi connectivity index (χ1v) is 11.6. The lowest BCUT2D eigenvalue weighted by Gasteiger charge is -2.51. The Morgan fingerprint density at radius 1 is 0.643 bits per heavy atom. The van der Waals surface area contributed by atoms with E-state index in [1.807, 2.05) is 41.5 Å². The zero-order valence-electron chi connectivity index (χ0n) is 19.9. The summed E-state index contributed by atoms with van der Waals surface area (Å²) in [5.74, 6) is -0.521. The second-order valence-corrected chi connectivity index (χ2v) is 8.65. The highest BCUT2D eigenvalue weighted by molar-refractivity contribution is 5.89. The van der Waals surface area contributed by atoms with E-state index in [-0.39, 0.29) is 23.8 Å². The third-order valence-electron chi connectivity index (χ3n) is 6.57. The fourth-order valence-electron chi connectivity index (χ4n) is 4.89. The standard InChI is InChI=1S/C24H46O4/c1-9-13-15-17-27-21(25)23(11-3,19(5)6)24(12-4,20(7)8)22(26)28-18-16-14-10-2/h19-20H,9-18H2,1-8H3. The molecule has 0 fully saturated rings. The van der Waals surface area contributed by atoms with Crippen LogP contribution in [0.2, 0.25) is 0 Å². The molecular formula is C24H46O4. The number of unbranched alkanes of at least 4 members (excludes halogenated alkanes) is 4. The number of hydrogen-bond donors (Lipinski definition) is 0. The van der Waals surface area contributed by atoms with Crippen LogP contribution in [-0.2, 0) is 19.1 Å². The Hall–Kier alpha value is -1.06. The maximum absolute atomic E-state index is 13.5. The molecule has 0 heterocycles. The Kier molecular flexibility index (Phi) is 12.7. The lowest BCUT2D eigenvalue weighted by atomic mass is 9.51. The summed E-state index contributed by atoms with van der Waals surface area (Å²) in [6, 6.07) is 0. The van der Waals surface area contributed by atoms with Crippen molar-refractivity contribution in [2.75, 3.05) is 13.2 Å². The molecule has 0 aliphatic carbocycles. The van der Waals surface area contributed by atoms with Gasteiger partial charge in [-0.1, -0.05) is 81.1 Å². The third kappa shape index (κ3) is 5.73. The minimum Gasteiger partial charge on any atom is -0.465 e. The summed E-state index contributed by atoms with van der Waals surface area (Å²) < 4.78 is 11.5. The van der Waals surface area contributed by atoms with Crippen LogP contribution < -0.4 is 0 Å². The molecule has 0 rings (SSSR count). The smallest absolute Gasteiger partial charge is 0.313 e. The minimum absolute atomic E-state index is 0.0262. The molecule has 28 heavy (non-hydrogen) atoms. The van der Waals surface area contributed by atoms with E-state index >= 15 is 0 Å². The van der Waals surface area contributed by atoms with Crippen LogP contribution in [0.5, 0.6) is 0 Å². The molecule has 0 N–H and O–H groups in total. The van der Waals surface area contributed by atoms with Gasteiger partial charge in [0.2, 0.25) is 0 Å². The van der Waals surface area contributed by atoms with E-state index in [1.54, 1.807) is 0 Å². The second-order valence-electron chi connectivity index (χ2n) is 8.65. The highest BCUT2D eigenvalue weighted by atomic mass is 16.5. The van der Waals surface area contributed by atoms with Crippen molar-refractivity contribution >= 4 is 11.9 Å². The predicted octanol–water partition coefficient (Wildman–Crippen LogP) is 6.56. The number of esters is 2. The van der Waals surface area contributed by atoms with Gasteiger partial charge in [0.1, 0.15) is 0 Å². The molecule has 0 aliphatic heterocycles. The van der Waals surface area contributed by atoms with Crippen molar-refractivity contribution in [2.45, 2.75) is 107 Å². The summed E-state index contributed by atoms with van der Waals surface area (Å²) in [5, 5.41) is 0. The molecular weight excluding hydrogens is 352 g/mol. The summed E-state index contributed by atoms with van der Waals surface area (Å²) in [6.45, 7) is 17.2. The molecule has 4 nitrogen and oxygen atoms in total. The molecule has 166 valence electrons. The van der Waals surface area contributed by atoms with Gasteiger partial charge in [-0.15, -0.1) is 0 Å². The molecule has 0 saturated heterocycles. The van der Waals surface area contributed by atoms with Gasteiger partial charge in [0, 0.05) is 0 Å². The number of ether oxygens (including phenoxy) is 2. The lowest BCUT2D eigenvalue weighted by Crippen LogP contribution is -2.58. The molecule has 2 unspecified atom stereocenters. The third-order valence-corrected chi connectivity index (χ3v) is 6.57. The van der Waals surface area contributed by atoms with Crippen molar-refractivity contribution in [3.8, 4) is 0 Å². The lowest BCUT2D eigenvalue weighted by molar-refractivity contribution is -0.195. The average molecular weight is 399 g/mol. The number of carbonyl (C=O) groups is 2. The summed E-state index contributed by atoms with van der Waals surface area (Å²) in [7, 11) is 0. The van der Waals surface area contributed by atoms with Gasteiger partial charge in [0.25, 0.3) is 0 Å². The first-order valence-electron chi connectivity index (χ1n) is 11.6. The Bertz CT molecular complexity index is 416. The van der Waals surface area contributed by atoms with Crippen LogP contribution in [0, 0.1) is 22.7 Å². The SMILES string of the molecule is CCCCCOC(=O)C(CC)(C(C)C)C(CC)(C(=O)OCCCCC)C(C)C. The fourth-order valence-corrected chi connectivity index (χ4v) is 4.89. The molecule has 2 atom stereocenters. The first kappa shape index (κ1) is 26.9. The molecule has 0 aromatic carbocycles. The molecule has 0 saturated carbocycles. The highest BCUT2D eigenvalue weighted by Crippen LogP contribution is 2.56. The normalized spacial score (nSPS) is 15.9. The van der Waals surface area contributed by atoms with Crippen molar-refractivity contribution in [2.24, 2.45) is 22.7 Å². The Balaban J connectivity index is 5.93. The van der Waals surface area contributed by atoms with Crippen LogP contribution in [0.1, 0.15) is 107 Å². The van der Waals surface area contributed by atoms with Gasteiger partial charge in [0.15, 0.2) is 0 Å². The number of rotatable bonds is 15. The van der Waals surface area contributed by atoms with Crippen molar-refractivity contribution in [1.82, 2.24) is 0 Å². The van der Waals surface area contributed by atoms with E-state index in [9.17, 15) is 9.59 Å². The highest BCUT2D eigenvalue weighted by Gasteiger charge is 2.63. The molecule has 0 spiro atoms. The second kappa shape index (κ2) is 13.2. The fraction of sp³-hybridized carbons (Fsp3) is 0.917. The topological polar surface area (TPSA) is 52.6 Å². The molecule has 0 amide bonds. The molecule has 0 aromatic rings. The molecule has 0 aliphatic rings. The van der Waals surface area contributed by atoms with Gasteiger partial charge < -0.3 is 9.47 Å². The van der Waals surface area contributed by atoms with Crippen LogP contribution >= 0.6 is 0 Å². The minimum atomic E-state index is -0.885. The maximum Gasteiger partial charge on any atom is 0.313 e. The van der Waals surface area contributed by atoms with Crippen molar-refractivity contribution in [1.29, 1.82) is 0 Å². The van der Waals surface area contributed by atoms with Gasteiger partial charge in [-0.25, -0.2) is 0 Å². The number of carbonyl (C=O) groups excluding carboxylic acids is 2. The van der Waals surface area contributed by atoms with Crippen LogP contribution in [0.3, 0.4) is 0 Å². The van der Waals surface area contributed by atoms with E-state index in [2.05, 4.69) is 13.8 Å². The Labute approximate surface area is 174 Å². The number of hydrogen-bond acceptors (Lipinski definition) is 4. The average Bonchev–Trinajstić information content (AvgIpc) is 2.65. The maximum atomic E-state index is 13.5. The summed E-state index contributed by atoms with van der Waals surface area (Å²) >= 11 is 0. The van der Waals surface area contributed by atoms with E-state index < -0.39 is 10.8 Å². The molecule has 0 bridgehead atoms. The zero-order valence-corrected chi connectivity index (χ0v) is 19.9. The Morgan fingerprint density at radius 2 is 0.964 bits per heavy atom. The Morgan fingerprint density at radius 3 is 1.18 bits per heavy atom. The zero-order chi connectivity index (χ0) is 21.8. The van der Waals surface area contributed by atoms with Crippen LogP contribution in [0.4, 0.5) is 0 Å². The quantitative estimate of drug-likeness (QED) is 0.231. The van der Waals surface area contributed by atoms with Gasteiger partial charge in [-0.3, -0.25) is 9.59 Å². The monoisotopic (exact) mass is 398 g/mol. The van der Waals surface area contributed by atoms with Gasteiger partial charge in [-0.2, -0.15) is 0 Å². The van der Waals surface area contributed by atoms with Gasteiger partial charge in [-0.05, 0) is 37.5 Å². The van der Waals surface area contributed by atoms with Crippen LogP contribution in [0.25, 0.3) is 0 Å². The van der Waals surface area contributed by atoms with E-state index in [0.29, 0.717) is 26.1 Å². The van der Waals surface area contributed by atoms with Crippen molar-refractivity contribution < 1.29 is 19.1 Å². The molecule has 0 radical (unpaired) electrons. The molecule has 0 aromatic heterocycles. The van der Waals surface area contributed by atoms with Crippen LogP contribution in [-0.4, -0.2) is 25.2 Å². The largest absolute Gasteiger partial charge is 0.465 e. The summed E-state index contributed by atoms with van der Waals surface area (Å²) in [4.78, 5) is 26.9.